The Kier molecular flexibility index (Phi) is 4.39. The Hall–Kier alpha value is -0.890. The van der Waals surface area contributed by atoms with E-state index in [9.17, 15) is 0 Å². The molecule has 0 spiro atoms. The van der Waals surface area contributed by atoms with Gasteiger partial charge in [-0.1, -0.05) is 46.9 Å². The molecule has 2 aromatic carbocycles. The second-order valence-corrected chi connectivity index (χ2v) is 5.31. The van der Waals surface area contributed by atoms with Gasteiger partial charge in [0.15, 0.2) is 0 Å². The third-order valence-electron chi connectivity index (χ3n) is 2.59. The molecule has 0 bridgehead atoms. The molecular weight excluding hydrogens is 289 g/mol. The van der Waals surface area contributed by atoms with Crippen LogP contribution < -0.4 is 5.32 Å². The third-order valence-corrected chi connectivity index (χ3v) is 3.66. The van der Waals surface area contributed by atoms with Gasteiger partial charge in [-0.15, -0.1) is 0 Å². The summed E-state index contributed by atoms with van der Waals surface area (Å²) >= 11 is 17.9. The maximum absolute atomic E-state index is 6.11. The molecule has 0 unspecified atom stereocenters. The molecule has 0 radical (unpaired) electrons. The minimum atomic E-state index is 0.561. The topological polar surface area (TPSA) is 12.0 Å². The van der Waals surface area contributed by atoms with Gasteiger partial charge >= 0.3 is 0 Å². The number of benzene rings is 2. The Balaban J connectivity index is 2.11. The smallest absolute Gasteiger partial charge is 0.0637 e. The summed E-state index contributed by atoms with van der Waals surface area (Å²) in [7, 11) is 0. The number of nitrogens with one attached hydrogen (secondary N) is 1. The zero-order chi connectivity index (χ0) is 13.1. The van der Waals surface area contributed by atoms with Crippen molar-refractivity contribution in [1.82, 2.24) is 0 Å². The van der Waals surface area contributed by atoms with E-state index >= 15 is 0 Å². The van der Waals surface area contributed by atoms with Crippen molar-refractivity contribution in [3.05, 3.63) is 62.6 Å². The highest BCUT2D eigenvalue weighted by Crippen LogP contribution is 2.25. The van der Waals surface area contributed by atoms with Gasteiger partial charge in [0.25, 0.3) is 0 Å². The number of hydrogen-bond acceptors (Lipinski definition) is 1. The second-order valence-electron chi connectivity index (χ2n) is 4.09. The predicted molar refractivity (Wildman–Crippen MR) is 80.0 cm³/mol. The Labute approximate surface area is 122 Å². The first-order valence-corrected chi connectivity index (χ1v) is 6.63. The molecule has 0 aliphatic rings. The molecule has 4 heteroatoms. The molecule has 94 valence electrons. The zero-order valence-electron chi connectivity index (χ0n) is 9.81. The lowest BCUT2D eigenvalue weighted by molar-refractivity contribution is 1.15. The molecule has 0 fully saturated rings. The van der Waals surface area contributed by atoms with Crippen molar-refractivity contribution in [2.45, 2.75) is 13.5 Å². The van der Waals surface area contributed by atoms with Gasteiger partial charge in [0.2, 0.25) is 0 Å². The van der Waals surface area contributed by atoms with E-state index in [0.29, 0.717) is 21.6 Å². The highest BCUT2D eigenvalue weighted by molar-refractivity contribution is 6.42. The van der Waals surface area contributed by atoms with Crippen LogP contribution in [0.5, 0.6) is 0 Å². The summed E-state index contributed by atoms with van der Waals surface area (Å²) in [4.78, 5) is 0. The summed E-state index contributed by atoms with van der Waals surface area (Å²) in [5, 5.41) is 5.12. The van der Waals surface area contributed by atoms with Crippen molar-refractivity contribution < 1.29 is 0 Å². The number of aryl methyl sites for hydroxylation is 1. The van der Waals surface area contributed by atoms with Crippen LogP contribution in [0.1, 0.15) is 11.1 Å². The van der Waals surface area contributed by atoms with Gasteiger partial charge in [0.1, 0.15) is 0 Å². The van der Waals surface area contributed by atoms with Gasteiger partial charge in [-0.25, -0.2) is 0 Å². The van der Waals surface area contributed by atoms with E-state index in [1.807, 2.05) is 37.3 Å². The molecule has 1 N–H and O–H groups in total. The molecule has 0 saturated carbocycles. The molecular formula is C14H12Cl3N. The SMILES string of the molecule is Cc1ccc(Cl)c(NCc2ccc(Cl)c(Cl)c2)c1. The highest BCUT2D eigenvalue weighted by Gasteiger charge is 2.02. The van der Waals surface area contributed by atoms with Crippen LogP contribution in [0.3, 0.4) is 0 Å². The van der Waals surface area contributed by atoms with Crippen LogP contribution in [0, 0.1) is 6.92 Å². The van der Waals surface area contributed by atoms with Crippen LogP contribution in [0.25, 0.3) is 0 Å². The standard InChI is InChI=1S/C14H12Cl3N/c1-9-2-4-12(16)14(6-9)18-8-10-3-5-11(15)13(17)7-10/h2-7,18H,8H2,1H3. The zero-order valence-corrected chi connectivity index (χ0v) is 12.1. The number of halogens is 3. The Morgan fingerprint density at radius 3 is 2.33 bits per heavy atom. The van der Waals surface area contributed by atoms with E-state index < -0.39 is 0 Å². The van der Waals surface area contributed by atoms with Gasteiger partial charge < -0.3 is 5.32 Å². The van der Waals surface area contributed by atoms with E-state index in [0.717, 1.165) is 16.8 Å². The fourth-order valence-electron chi connectivity index (χ4n) is 1.62. The summed E-state index contributed by atoms with van der Waals surface area (Å²) in [6, 6.07) is 11.4. The number of anilines is 1. The summed E-state index contributed by atoms with van der Waals surface area (Å²) in [5.74, 6) is 0. The van der Waals surface area contributed by atoms with Crippen LogP contribution in [0.15, 0.2) is 36.4 Å². The predicted octanol–water partition coefficient (Wildman–Crippen LogP) is 5.57. The maximum Gasteiger partial charge on any atom is 0.0637 e. The molecule has 0 aromatic heterocycles. The Morgan fingerprint density at radius 1 is 0.889 bits per heavy atom. The first-order valence-electron chi connectivity index (χ1n) is 5.50. The largest absolute Gasteiger partial charge is 0.380 e. The molecule has 2 rings (SSSR count). The van der Waals surface area contributed by atoms with E-state index in [1.165, 1.54) is 0 Å². The lowest BCUT2D eigenvalue weighted by atomic mass is 10.2. The van der Waals surface area contributed by atoms with Crippen molar-refractivity contribution in [2.75, 3.05) is 5.32 Å². The molecule has 2 aromatic rings. The Morgan fingerprint density at radius 2 is 1.61 bits per heavy atom. The second kappa shape index (κ2) is 5.83. The molecule has 0 heterocycles. The van der Waals surface area contributed by atoms with E-state index in [-0.39, 0.29) is 0 Å². The van der Waals surface area contributed by atoms with Crippen molar-refractivity contribution in [3.8, 4) is 0 Å². The molecule has 0 amide bonds. The van der Waals surface area contributed by atoms with Crippen LogP contribution in [0.2, 0.25) is 15.1 Å². The summed E-state index contributed by atoms with van der Waals surface area (Å²) < 4.78 is 0. The van der Waals surface area contributed by atoms with Crippen LogP contribution >= 0.6 is 34.8 Å². The average Bonchev–Trinajstić information content (AvgIpc) is 2.34. The maximum atomic E-state index is 6.11. The van der Waals surface area contributed by atoms with Gasteiger partial charge in [0.05, 0.1) is 20.8 Å². The minimum absolute atomic E-state index is 0.561. The lowest BCUT2D eigenvalue weighted by Crippen LogP contribution is -2.00. The monoisotopic (exact) mass is 299 g/mol. The van der Waals surface area contributed by atoms with Crippen molar-refractivity contribution in [3.63, 3.8) is 0 Å². The average molecular weight is 301 g/mol. The Bertz CT molecular complexity index is 567. The summed E-state index contributed by atoms with van der Waals surface area (Å²) in [5.41, 5.74) is 3.14. The van der Waals surface area contributed by atoms with Crippen LogP contribution in [0.4, 0.5) is 5.69 Å². The molecule has 0 saturated heterocycles. The van der Waals surface area contributed by atoms with Crippen molar-refractivity contribution >= 4 is 40.5 Å². The quantitative estimate of drug-likeness (QED) is 0.781. The molecule has 1 nitrogen and oxygen atoms in total. The minimum Gasteiger partial charge on any atom is -0.380 e. The third kappa shape index (κ3) is 3.32. The van der Waals surface area contributed by atoms with Crippen LogP contribution in [-0.2, 0) is 6.54 Å². The summed E-state index contributed by atoms with van der Waals surface area (Å²) in [6.45, 7) is 2.68. The first-order chi connectivity index (χ1) is 8.56. The van der Waals surface area contributed by atoms with E-state index in [4.69, 9.17) is 34.8 Å². The van der Waals surface area contributed by atoms with Crippen LogP contribution in [-0.4, -0.2) is 0 Å². The molecule has 0 aliphatic carbocycles. The molecule has 0 aliphatic heterocycles. The summed E-state index contributed by atoms with van der Waals surface area (Å²) in [6.07, 6.45) is 0. The number of hydrogen-bond donors (Lipinski definition) is 1. The highest BCUT2D eigenvalue weighted by atomic mass is 35.5. The lowest BCUT2D eigenvalue weighted by Gasteiger charge is -2.10. The van der Waals surface area contributed by atoms with Gasteiger partial charge in [-0.3, -0.25) is 0 Å². The number of rotatable bonds is 3. The van der Waals surface area contributed by atoms with E-state index in [2.05, 4.69) is 5.32 Å². The molecule has 18 heavy (non-hydrogen) atoms. The fourth-order valence-corrected chi connectivity index (χ4v) is 2.13. The molecule has 0 atom stereocenters. The normalized spacial score (nSPS) is 10.4. The van der Waals surface area contributed by atoms with Gasteiger partial charge in [0, 0.05) is 6.54 Å². The van der Waals surface area contributed by atoms with Gasteiger partial charge in [-0.05, 0) is 42.3 Å². The van der Waals surface area contributed by atoms with Crippen molar-refractivity contribution in [1.29, 1.82) is 0 Å². The van der Waals surface area contributed by atoms with Crippen molar-refractivity contribution in [2.24, 2.45) is 0 Å². The fraction of sp³-hybridized carbons (Fsp3) is 0.143. The van der Waals surface area contributed by atoms with Gasteiger partial charge in [-0.2, -0.15) is 0 Å². The first kappa shape index (κ1) is 13.5. The van der Waals surface area contributed by atoms with E-state index in [1.54, 1.807) is 6.07 Å².